The van der Waals surface area contributed by atoms with E-state index in [4.69, 9.17) is 20.1 Å². The Morgan fingerprint density at radius 2 is 1.09 bits per heavy atom. The Hall–Kier alpha value is -1.95. The molecule has 0 heterocycles. The Balaban J connectivity index is 0.000000320. The molecule has 2 amide bonds. The second kappa shape index (κ2) is 15.8. The highest BCUT2D eigenvalue weighted by molar-refractivity contribution is 7.80. The summed E-state index contributed by atoms with van der Waals surface area (Å²) < 4.78 is 0. The Morgan fingerprint density at radius 1 is 0.719 bits per heavy atom. The van der Waals surface area contributed by atoms with Crippen molar-refractivity contribution in [1.82, 2.24) is 0 Å². The molecule has 0 saturated heterocycles. The van der Waals surface area contributed by atoms with E-state index in [-0.39, 0.29) is 11.8 Å². The number of nitrogens with one attached hydrogen (secondary N) is 2. The fourth-order valence-electron chi connectivity index (χ4n) is 2.48. The molecule has 0 aliphatic carbocycles. The highest BCUT2D eigenvalue weighted by Crippen LogP contribution is 2.06. The summed E-state index contributed by atoms with van der Waals surface area (Å²) in [7, 11) is -3.04. The monoisotopic (exact) mass is 478 g/mol. The van der Waals surface area contributed by atoms with Gasteiger partial charge >= 0.3 is 14.2 Å². The minimum absolute atomic E-state index is 0.0985. The van der Waals surface area contributed by atoms with Gasteiger partial charge in [-0.1, -0.05) is 24.3 Å². The Morgan fingerprint density at radius 3 is 1.41 bits per heavy atom. The largest absolute Gasteiger partial charge is 0.488 e. The van der Waals surface area contributed by atoms with E-state index in [1.807, 2.05) is 0 Å². The van der Waals surface area contributed by atoms with E-state index in [9.17, 15) is 9.59 Å². The molecule has 2 rings (SSSR count). The summed E-state index contributed by atoms with van der Waals surface area (Å²) in [4.78, 5) is 22.8. The van der Waals surface area contributed by atoms with Crippen LogP contribution < -0.4 is 21.6 Å². The summed E-state index contributed by atoms with van der Waals surface area (Å²) in [6.07, 6.45) is 2.26. The number of carbonyl (C=O) groups is 2. The number of benzene rings is 2. The van der Waals surface area contributed by atoms with E-state index >= 15 is 0 Å². The third-order valence-electron chi connectivity index (χ3n) is 4.06. The maximum atomic E-state index is 11.4. The van der Waals surface area contributed by atoms with Gasteiger partial charge in [-0.2, -0.15) is 25.3 Å². The third-order valence-corrected chi connectivity index (χ3v) is 4.69. The van der Waals surface area contributed by atoms with Crippen LogP contribution in [0.15, 0.2) is 48.5 Å². The van der Waals surface area contributed by atoms with Gasteiger partial charge in [0.25, 0.3) is 0 Å². The smallest absolute Gasteiger partial charge is 0.423 e. The first kappa shape index (κ1) is 28.1. The highest BCUT2D eigenvalue weighted by Gasteiger charge is 2.12. The summed E-state index contributed by atoms with van der Waals surface area (Å²) in [6.45, 7) is 0. The summed E-state index contributed by atoms with van der Waals surface area (Å²) in [6, 6.07) is 12.9. The van der Waals surface area contributed by atoms with Crippen molar-refractivity contribution in [2.24, 2.45) is 0 Å². The molecule has 6 N–H and O–H groups in total. The quantitative estimate of drug-likeness (QED) is 0.179. The fraction of sp³-hybridized carbons (Fsp3) is 0.300. The van der Waals surface area contributed by atoms with Crippen molar-refractivity contribution in [1.29, 1.82) is 0 Å². The van der Waals surface area contributed by atoms with Crippen molar-refractivity contribution in [2.45, 2.75) is 25.7 Å². The summed E-state index contributed by atoms with van der Waals surface area (Å²) in [5.41, 5.74) is 1.84. The highest BCUT2D eigenvalue weighted by atomic mass is 32.1. The molecule has 0 unspecified atom stereocenters. The summed E-state index contributed by atoms with van der Waals surface area (Å²) >= 11 is 8.04. The Kier molecular flexibility index (Phi) is 13.9. The van der Waals surface area contributed by atoms with Gasteiger partial charge in [-0.05, 0) is 59.5 Å². The van der Waals surface area contributed by atoms with E-state index in [2.05, 4.69) is 35.9 Å². The van der Waals surface area contributed by atoms with Crippen LogP contribution in [0.1, 0.15) is 25.7 Å². The first-order valence-corrected chi connectivity index (χ1v) is 11.3. The van der Waals surface area contributed by atoms with E-state index in [0.717, 1.165) is 12.8 Å². The number of carbonyl (C=O) groups excluding carboxylic acids is 2. The van der Waals surface area contributed by atoms with Gasteiger partial charge in [0, 0.05) is 24.2 Å². The van der Waals surface area contributed by atoms with Crippen molar-refractivity contribution < 1.29 is 29.7 Å². The van der Waals surface area contributed by atoms with E-state index in [1.165, 1.54) is 12.1 Å². The first-order chi connectivity index (χ1) is 15.3. The van der Waals surface area contributed by atoms with Crippen molar-refractivity contribution in [3.8, 4) is 0 Å². The lowest BCUT2D eigenvalue weighted by molar-refractivity contribution is -0.117. The normalized spacial score (nSPS) is 9.94. The molecule has 0 bridgehead atoms. The number of thiol groups is 2. The average molecular weight is 478 g/mol. The first-order valence-electron chi connectivity index (χ1n) is 10.0. The molecule has 2 aromatic carbocycles. The Labute approximate surface area is 199 Å². The summed E-state index contributed by atoms with van der Waals surface area (Å²) in [5.74, 6) is 1.14. The predicted octanol–water partition coefficient (Wildman–Crippen LogP) is 0.0298. The van der Waals surface area contributed by atoms with Crippen molar-refractivity contribution in [2.75, 3.05) is 22.1 Å². The zero-order valence-corrected chi connectivity index (χ0v) is 19.3. The SMILES string of the molecule is O=C(CCCS)Nc1cccc(B(O)O)c1.O=C(CCCS)Nc1cccc(B(O)O)c1. The van der Waals surface area contributed by atoms with E-state index < -0.39 is 14.2 Å². The third kappa shape index (κ3) is 11.6. The fourth-order valence-corrected chi connectivity index (χ4v) is 2.80. The molecule has 172 valence electrons. The molecule has 0 radical (unpaired) electrons. The maximum Gasteiger partial charge on any atom is 0.488 e. The van der Waals surface area contributed by atoms with E-state index in [0.29, 0.717) is 46.6 Å². The van der Waals surface area contributed by atoms with Crippen LogP contribution in [0.3, 0.4) is 0 Å². The number of anilines is 2. The van der Waals surface area contributed by atoms with Crippen molar-refractivity contribution in [3.05, 3.63) is 48.5 Å². The zero-order valence-electron chi connectivity index (χ0n) is 17.5. The van der Waals surface area contributed by atoms with Gasteiger partial charge in [-0.3, -0.25) is 9.59 Å². The molecule has 0 saturated carbocycles. The molecule has 0 aliphatic heterocycles. The second-order valence-electron chi connectivity index (χ2n) is 6.75. The van der Waals surface area contributed by atoms with Crippen LogP contribution in [0.5, 0.6) is 0 Å². The van der Waals surface area contributed by atoms with E-state index in [1.54, 1.807) is 36.4 Å². The maximum absolute atomic E-state index is 11.4. The molecular weight excluding hydrogens is 450 g/mol. The molecule has 0 aliphatic rings. The minimum Gasteiger partial charge on any atom is -0.423 e. The molecule has 32 heavy (non-hydrogen) atoms. The Bertz CT molecular complexity index is 789. The van der Waals surface area contributed by atoms with Crippen LogP contribution in [-0.4, -0.2) is 57.7 Å². The lowest BCUT2D eigenvalue weighted by atomic mass is 9.80. The average Bonchev–Trinajstić information content (AvgIpc) is 2.77. The molecule has 2 aromatic rings. The van der Waals surface area contributed by atoms with Crippen LogP contribution in [0, 0.1) is 0 Å². The lowest BCUT2D eigenvalue weighted by Gasteiger charge is -2.06. The van der Waals surface area contributed by atoms with Crippen LogP contribution in [0.2, 0.25) is 0 Å². The van der Waals surface area contributed by atoms with Crippen molar-refractivity contribution in [3.63, 3.8) is 0 Å². The number of amides is 2. The lowest BCUT2D eigenvalue weighted by Crippen LogP contribution is -2.30. The topological polar surface area (TPSA) is 139 Å². The molecule has 0 fully saturated rings. The number of rotatable bonds is 10. The van der Waals surface area contributed by atoms with Gasteiger partial charge in [0.05, 0.1) is 0 Å². The molecule has 0 atom stereocenters. The molecule has 0 spiro atoms. The second-order valence-corrected chi connectivity index (χ2v) is 7.64. The van der Waals surface area contributed by atoms with Gasteiger partial charge in [0.15, 0.2) is 0 Å². The molecule has 12 heteroatoms. The van der Waals surface area contributed by atoms with Crippen LogP contribution >= 0.6 is 25.3 Å². The van der Waals surface area contributed by atoms with Crippen molar-refractivity contribution >= 4 is 73.6 Å². The van der Waals surface area contributed by atoms with Crippen LogP contribution in [0.4, 0.5) is 11.4 Å². The predicted molar refractivity (Wildman–Crippen MR) is 136 cm³/mol. The standard InChI is InChI=1S/2C10H14BNO3S/c2*13-10(5-2-6-16)12-9-4-1-3-8(7-9)11(14)15/h2*1,3-4,7,14-16H,2,5-6H2,(H,12,13). The summed E-state index contributed by atoms with van der Waals surface area (Å²) in [5, 5.41) is 41.2. The van der Waals surface area contributed by atoms with Gasteiger partial charge in [0.1, 0.15) is 0 Å². The molecular formula is C20H28B2N2O6S2. The van der Waals surface area contributed by atoms with Gasteiger partial charge in [0.2, 0.25) is 11.8 Å². The molecule has 8 nitrogen and oxygen atoms in total. The minimum atomic E-state index is -1.52. The van der Waals surface area contributed by atoms with Gasteiger partial charge < -0.3 is 30.7 Å². The van der Waals surface area contributed by atoms with Crippen LogP contribution in [-0.2, 0) is 9.59 Å². The molecule has 0 aromatic heterocycles. The van der Waals surface area contributed by atoms with Gasteiger partial charge in [-0.15, -0.1) is 0 Å². The number of hydrogen-bond acceptors (Lipinski definition) is 8. The van der Waals surface area contributed by atoms with Gasteiger partial charge in [-0.25, -0.2) is 0 Å². The zero-order chi connectivity index (χ0) is 23.9. The van der Waals surface area contributed by atoms with Crippen LogP contribution in [0.25, 0.3) is 0 Å². The number of hydrogen-bond donors (Lipinski definition) is 8.